The first-order chi connectivity index (χ1) is 8.45. The van der Waals surface area contributed by atoms with Crippen LogP contribution in [0.5, 0.6) is 0 Å². The first-order valence-electron chi connectivity index (χ1n) is 5.27. The van der Waals surface area contributed by atoms with Gasteiger partial charge in [0.25, 0.3) is 5.69 Å². The maximum absolute atomic E-state index is 13.1. The topological polar surface area (TPSA) is 75.8 Å². The van der Waals surface area contributed by atoms with E-state index in [-0.39, 0.29) is 24.5 Å². The third-order valence-corrected chi connectivity index (χ3v) is 2.39. The summed E-state index contributed by atoms with van der Waals surface area (Å²) in [4.78, 5) is 11.7. The Morgan fingerprint density at radius 1 is 1.61 bits per heavy atom. The lowest BCUT2D eigenvalue weighted by molar-refractivity contribution is -0.384. The van der Waals surface area contributed by atoms with Crippen molar-refractivity contribution in [1.82, 2.24) is 0 Å². The van der Waals surface area contributed by atoms with Gasteiger partial charge >= 0.3 is 0 Å². The summed E-state index contributed by atoms with van der Waals surface area (Å²) in [6.45, 7) is 0.214. The molecular formula is C11H15FN2O4. The zero-order chi connectivity index (χ0) is 13.7. The number of nitrogens with zero attached hydrogens (tertiary/aromatic N) is 2. The molecule has 0 amide bonds. The summed E-state index contributed by atoms with van der Waals surface area (Å²) >= 11 is 0. The lowest BCUT2D eigenvalue weighted by Gasteiger charge is -2.22. The van der Waals surface area contributed by atoms with Crippen LogP contribution in [0.15, 0.2) is 18.2 Å². The van der Waals surface area contributed by atoms with Gasteiger partial charge in [-0.15, -0.1) is 0 Å². The number of aliphatic hydroxyl groups excluding tert-OH is 1. The van der Waals surface area contributed by atoms with E-state index < -0.39 is 16.8 Å². The van der Waals surface area contributed by atoms with Crippen molar-refractivity contribution in [3.05, 3.63) is 34.1 Å². The number of methoxy groups -OCH3 is 1. The molecule has 0 bridgehead atoms. The number of hydrogen-bond donors (Lipinski definition) is 1. The van der Waals surface area contributed by atoms with Gasteiger partial charge in [0.05, 0.1) is 17.6 Å². The number of halogens is 1. The zero-order valence-electron chi connectivity index (χ0n) is 10.2. The summed E-state index contributed by atoms with van der Waals surface area (Å²) in [6, 6.07) is 3.20. The molecule has 0 aliphatic carbocycles. The number of likely N-dealkylation sites (N-methyl/N-ethyl adjacent to an activating group) is 1. The summed E-state index contributed by atoms with van der Waals surface area (Å²) in [5.41, 5.74) is -0.0846. The molecule has 18 heavy (non-hydrogen) atoms. The minimum absolute atomic E-state index is 0.105. The number of nitro benzene ring substituents is 1. The van der Waals surface area contributed by atoms with Gasteiger partial charge in [0.1, 0.15) is 11.5 Å². The second-order valence-electron chi connectivity index (χ2n) is 3.88. The Morgan fingerprint density at radius 3 is 2.83 bits per heavy atom. The average Bonchev–Trinajstić information content (AvgIpc) is 2.28. The van der Waals surface area contributed by atoms with Crippen LogP contribution in [0.3, 0.4) is 0 Å². The zero-order valence-corrected chi connectivity index (χ0v) is 10.2. The number of benzene rings is 1. The van der Waals surface area contributed by atoms with Crippen molar-refractivity contribution in [1.29, 1.82) is 0 Å². The summed E-state index contributed by atoms with van der Waals surface area (Å²) in [6.07, 6.45) is -0.803. The monoisotopic (exact) mass is 258 g/mol. The fourth-order valence-corrected chi connectivity index (χ4v) is 1.62. The summed E-state index contributed by atoms with van der Waals surface area (Å²) in [7, 11) is 2.98. The molecule has 0 saturated heterocycles. The predicted octanol–water partition coefficient (Wildman–Crippen LogP) is 1.18. The van der Waals surface area contributed by atoms with Crippen molar-refractivity contribution in [2.45, 2.75) is 6.10 Å². The molecule has 0 spiro atoms. The van der Waals surface area contributed by atoms with Crippen molar-refractivity contribution >= 4 is 11.4 Å². The van der Waals surface area contributed by atoms with E-state index in [1.807, 2.05) is 0 Å². The molecule has 100 valence electrons. The number of aliphatic hydroxyl groups is 1. The second-order valence-corrected chi connectivity index (χ2v) is 3.88. The van der Waals surface area contributed by atoms with E-state index in [1.165, 1.54) is 12.0 Å². The largest absolute Gasteiger partial charge is 0.389 e. The fourth-order valence-electron chi connectivity index (χ4n) is 1.62. The van der Waals surface area contributed by atoms with Crippen molar-refractivity contribution in [2.75, 3.05) is 32.2 Å². The maximum atomic E-state index is 13.1. The molecule has 0 fully saturated rings. The van der Waals surface area contributed by atoms with E-state index in [9.17, 15) is 19.6 Å². The Bertz CT molecular complexity index is 428. The molecule has 0 heterocycles. The molecule has 1 aromatic carbocycles. The second kappa shape index (κ2) is 6.27. The molecule has 0 aliphatic heterocycles. The molecule has 1 N–H and O–H groups in total. The van der Waals surface area contributed by atoms with Crippen LogP contribution in [0.4, 0.5) is 15.8 Å². The van der Waals surface area contributed by atoms with Crippen LogP contribution in [-0.2, 0) is 4.74 Å². The molecular weight excluding hydrogens is 243 g/mol. The minimum atomic E-state index is -0.803. The van der Waals surface area contributed by atoms with Gasteiger partial charge in [0.2, 0.25) is 0 Å². The fraction of sp³-hybridized carbons (Fsp3) is 0.455. The van der Waals surface area contributed by atoms with Gasteiger partial charge in [-0.25, -0.2) is 4.39 Å². The molecule has 0 saturated carbocycles. The van der Waals surface area contributed by atoms with E-state index in [0.29, 0.717) is 0 Å². The van der Waals surface area contributed by atoms with Crippen LogP contribution in [0.1, 0.15) is 0 Å². The summed E-state index contributed by atoms with van der Waals surface area (Å²) in [5.74, 6) is -0.566. The van der Waals surface area contributed by atoms with Crippen LogP contribution in [0.2, 0.25) is 0 Å². The van der Waals surface area contributed by atoms with E-state index in [1.54, 1.807) is 7.05 Å². The molecule has 1 atom stereocenters. The van der Waals surface area contributed by atoms with Crippen molar-refractivity contribution in [3.8, 4) is 0 Å². The molecule has 1 unspecified atom stereocenters. The standard InChI is InChI=1S/C11H15FN2O4/c1-13(6-9(15)7-18-2)11-5-8(12)3-4-10(11)14(16)17/h3-5,9,15H,6-7H2,1-2H3. The van der Waals surface area contributed by atoms with Gasteiger partial charge in [-0.1, -0.05) is 0 Å². The van der Waals surface area contributed by atoms with Crippen LogP contribution in [-0.4, -0.2) is 43.4 Å². The minimum Gasteiger partial charge on any atom is -0.389 e. The lowest BCUT2D eigenvalue weighted by Crippen LogP contribution is -2.32. The molecule has 6 nitrogen and oxygen atoms in total. The number of ether oxygens (including phenoxy) is 1. The Labute approximate surface area is 104 Å². The number of anilines is 1. The normalized spacial score (nSPS) is 12.2. The smallest absolute Gasteiger partial charge is 0.292 e. The SMILES string of the molecule is COCC(O)CN(C)c1cc(F)ccc1[N+](=O)[O-]. The van der Waals surface area contributed by atoms with Gasteiger partial charge in [-0.3, -0.25) is 10.1 Å². The highest BCUT2D eigenvalue weighted by Crippen LogP contribution is 2.28. The van der Waals surface area contributed by atoms with Crippen LogP contribution >= 0.6 is 0 Å². The lowest BCUT2D eigenvalue weighted by atomic mass is 10.2. The number of hydrogen-bond acceptors (Lipinski definition) is 5. The van der Waals surface area contributed by atoms with Crippen molar-refractivity contribution in [2.24, 2.45) is 0 Å². The highest BCUT2D eigenvalue weighted by molar-refractivity contribution is 5.62. The third kappa shape index (κ3) is 3.64. The highest BCUT2D eigenvalue weighted by atomic mass is 19.1. The molecule has 1 rings (SSSR count). The van der Waals surface area contributed by atoms with E-state index >= 15 is 0 Å². The summed E-state index contributed by atoms with van der Waals surface area (Å²) < 4.78 is 17.9. The molecule has 0 aliphatic rings. The Hall–Kier alpha value is -1.73. The average molecular weight is 258 g/mol. The number of nitro groups is 1. The van der Waals surface area contributed by atoms with E-state index in [2.05, 4.69) is 0 Å². The molecule has 1 aromatic rings. The Morgan fingerprint density at radius 2 is 2.28 bits per heavy atom. The summed E-state index contributed by atoms with van der Waals surface area (Å²) in [5, 5.41) is 20.4. The Kier molecular flexibility index (Phi) is 4.99. The molecule has 7 heteroatoms. The van der Waals surface area contributed by atoms with Crippen LogP contribution < -0.4 is 4.90 Å². The van der Waals surface area contributed by atoms with Gasteiger partial charge in [-0.2, -0.15) is 0 Å². The van der Waals surface area contributed by atoms with Crippen molar-refractivity contribution < 1.29 is 19.2 Å². The van der Waals surface area contributed by atoms with E-state index in [0.717, 1.165) is 18.2 Å². The van der Waals surface area contributed by atoms with E-state index in [4.69, 9.17) is 4.74 Å². The highest BCUT2D eigenvalue weighted by Gasteiger charge is 2.19. The van der Waals surface area contributed by atoms with Crippen LogP contribution in [0, 0.1) is 15.9 Å². The predicted molar refractivity (Wildman–Crippen MR) is 64.2 cm³/mol. The molecule has 0 radical (unpaired) electrons. The Balaban J connectivity index is 2.93. The van der Waals surface area contributed by atoms with Gasteiger partial charge in [0.15, 0.2) is 0 Å². The van der Waals surface area contributed by atoms with Gasteiger partial charge in [-0.05, 0) is 6.07 Å². The van der Waals surface area contributed by atoms with Gasteiger partial charge < -0.3 is 14.7 Å². The van der Waals surface area contributed by atoms with Gasteiger partial charge in [0, 0.05) is 32.8 Å². The first-order valence-corrected chi connectivity index (χ1v) is 5.27. The van der Waals surface area contributed by atoms with Crippen LogP contribution in [0.25, 0.3) is 0 Å². The number of rotatable bonds is 6. The first kappa shape index (κ1) is 14.3. The maximum Gasteiger partial charge on any atom is 0.292 e. The van der Waals surface area contributed by atoms with Crippen molar-refractivity contribution in [3.63, 3.8) is 0 Å². The third-order valence-electron chi connectivity index (χ3n) is 2.39. The quantitative estimate of drug-likeness (QED) is 0.612. The molecule has 0 aromatic heterocycles.